The molecule has 1 aromatic carbocycles. The zero-order chi connectivity index (χ0) is 21.4. The third kappa shape index (κ3) is 7.33. The summed E-state index contributed by atoms with van der Waals surface area (Å²) < 4.78 is 5.06. The van der Waals surface area contributed by atoms with Crippen LogP contribution in [0, 0.1) is 13.8 Å². The number of hydrogen-bond donors (Lipinski definition) is 2. The van der Waals surface area contributed by atoms with Gasteiger partial charge in [-0.05, 0) is 45.2 Å². The first-order chi connectivity index (χ1) is 13.8. The second-order valence-corrected chi connectivity index (χ2v) is 7.67. The normalized spacial score (nSPS) is 15.3. The molecule has 0 bridgehead atoms. The summed E-state index contributed by atoms with van der Waals surface area (Å²) in [5.74, 6) is -1.49. The number of rotatable bonds is 7. The molecule has 1 aliphatic rings. The van der Waals surface area contributed by atoms with Crippen LogP contribution in [0.2, 0.25) is 0 Å². The number of Topliss-reactive ketones (excluding diaryl/α,β-unsaturated/α-hetero) is 1. The van der Waals surface area contributed by atoms with Crippen LogP contribution in [0.3, 0.4) is 0 Å². The van der Waals surface area contributed by atoms with Crippen molar-refractivity contribution in [3.05, 3.63) is 34.9 Å². The molecule has 0 radical (unpaired) electrons. The third-order valence-electron chi connectivity index (χ3n) is 5.10. The van der Waals surface area contributed by atoms with Gasteiger partial charge in [0.2, 0.25) is 0 Å². The van der Waals surface area contributed by atoms with Gasteiger partial charge in [-0.1, -0.05) is 37.0 Å². The molecule has 1 aliphatic carbocycles. The molecule has 1 fully saturated rings. The topological polar surface area (TPSA) is 102 Å². The number of hydrogen-bond acceptors (Lipinski definition) is 5. The number of urea groups is 1. The Bertz CT molecular complexity index is 768. The summed E-state index contributed by atoms with van der Waals surface area (Å²) >= 11 is 0. The fourth-order valence-corrected chi connectivity index (χ4v) is 3.38. The Morgan fingerprint density at radius 3 is 2.45 bits per heavy atom. The van der Waals surface area contributed by atoms with Crippen LogP contribution in [-0.2, 0) is 14.3 Å². The summed E-state index contributed by atoms with van der Waals surface area (Å²) in [4.78, 5) is 48.3. The Kier molecular flexibility index (Phi) is 8.36. The molecule has 0 unspecified atom stereocenters. The van der Waals surface area contributed by atoms with Crippen molar-refractivity contribution < 1.29 is 23.9 Å². The Hall–Kier alpha value is -2.70. The molecule has 3 amide bonds. The van der Waals surface area contributed by atoms with Crippen LogP contribution in [0.15, 0.2) is 18.2 Å². The number of imide groups is 1. The van der Waals surface area contributed by atoms with E-state index in [2.05, 4.69) is 10.6 Å². The number of ether oxygens (including phenoxy) is 1. The summed E-state index contributed by atoms with van der Waals surface area (Å²) in [7, 11) is 0. The van der Waals surface area contributed by atoms with Crippen molar-refractivity contribution >= 4 is 23.7 Å². The van der Waals surface area contributed by atoms with E-state index >= 15 is 0 Å². The molecule has 0 aromatic heterocycles. The average Bonchev–Trinajstić information content (AvgIpc) is 2.68. The summed E-state index contributed by atoms with van der Waals surface area (Å²) in [6.07, 6.45) is 3.85. The minimum absolute atomic E-state index is 0.000365. The molecule has 0 saturated heterocycles. The number of carbonyl (C=O) groups excluding carboxylic acids is 4. The molecule has 7 nitrogen and oxygen atoms in total. The van der Waals surface area contributed by atoms with Crippen molar-refractivity contribution in [2.45, 2.75) is 77.9 Å². The van der Waals surface area contributed by atoms with Gasteiger partial charge in [-0.3, -0.25) is 19.7 Å². The van der Waals surface area contributed by atoms with Gasteiger partial charge < -0.3 is 10.1 Å². The van der Waals surface area contributed by atoms with Crippen LogP contribution in [0.5, 0.6) is 0 Å². The molecule has 158 valence electrons. The molecule has 1 saturated carbocycles. The van der Waals surface area contributed by atoms with E-state index in [0.717, 1.165) is 43.2 Å². The fraction of sp³-hybridized carbons (Fsp3) is 0.545. The summed E-state index contributed by atoms with van der Waals surface area (Å²) in [5, 5.41) is 4.97. The van der Waals surface area contributed by atoms with Crippen LogP contribution in [0.1, 0.15) is 73.4 Å². The SMILES string of the molecule is Cc1ccc(C)c(C(=O)CCC(=O)O[C@H](C)C(=O)NC(=O)NC2CCCCC2)c1. The minimum Gasteiger partial charge on any atom is -0.453 e. The number of carbonyl (C=O) groups is 4. The van der Waals surface area contributed by atoms with Gasteiger partial charge in [0.1, 0.15) is 0 Å². The van der Waals surface area contributed by atoms with E-state index in [0.29, 0.717) is 5.56 Å². The van der Waals surface area contributed by atoms with Gasteiger partial charge in [-0.2, -0.15) is 0 Å². The predicted octanol–water partition coefficient (Wildman–Crippen LogP) is 3.36. The number of ketones is 1. The maximum Gasteiger partial charge on any atom is 0.321 e. The molecule has 0 spiro atoms. The van der Waals surface area contributed by atoms with Gasteiger partial charge in [0.05, 0.1) is 6.42 Å². The molecule has 29 heavy (non-hydrogen) atoms. The van der Waals surface area contributed by atoms with Gasteiger partial charge in [-0.15, -0.1) is 0 Å². The van der Waals surface area contributed by atoms with E-state index in [1.165, 1.54) is 6.92 Å². The first-order valence-electron chi connectivity index (χ1n) is 10.2. The number of amides is 3. The molecule has 0 aliphatic heterocycles. The maximum atomic E-state index is 12.3. The van der Waals surface area contributed by atoms with Crippen LogP contribution in [0.25, 0.3) is 0 Å². The molecule has 1 aromatic rings. The number of esters is 1. The van der Waals surface area contributed by atoms with Crippen LogP contribution in [-0.4, -0.2) is 35.8 Å². The molecule has 1 atom stereocenters. The molecule has 2 rings (SSSR count). The van der Waals surface area contributed by atoms with Crippen LogP contribution >= 0.6 is 0 Å². The maximum absolute atomic E-state index is 12.3. The van der Waals surface area contributed by atoms with Gasteiger partial charge in [-0.25, -0.2) is 4.79 Å². The van der Waals surface area contributed by atoms with Gasteiger partial charge >= 0.3 is 12.0 Å². The molecule has 7 heteroatoms. The largest absolute Gasteiger partial charge is 0.453 e. The van der Waals surface area contributed by atoms with Crippen molar-refractivity contribution in [3.8, 4) is 0 Å². The van der Waals surface area contributed by atoms with Gasteiger partial charge in [0.25, 0.3) is 5.91 Å². The van der Waals surface area contributed by atoms with Crippen LogP contribution in [0.4, 0.5) is 4.79 Å². The van der Waals surface area contributed by atoms with E-state index in [1.807, 2.05) is 26.0 Å². The van der Waals surface area contributed by atoms with Crippen molar-refractivity contribution in [2.24, 2.45) is 0 Å². The highest BCUT2D eigenvalue weighted by Crippen LogP contribution is 2.17. The highest BCUT2D eigenvalue weighted by molar-refractivity contribution is 5.99. The monoisotopic (exact) mass is 402 g/mol. The lowest BCUT2D eigenvalue weighted by Crippen LogP contribution is -2.48. The lowest BCUT2D eigenvalue weighted by molar-refractivity contribution is -0.154. The quantitative estimate of drug-likeness (QED) is 0.538. The molecular weight excluding hydrogens is 372 g/mol. The van der Waals surface area contributed by atoms with E-state index in [9.17, 15) is 19.2 Å². The van der Waals surface area contributed by atoms with Crippen molar-refractivity contribution in [2.75, 3.05) is 0 Å². The zero-order valence-electron chi connectivity index (χ0n) is 17.4. The number of aryl methyl sites for hydroxylation is 2. The molecular formula is C22H30N2O5. The third-order valence-corrected chi connectivity index (χ3v) is 5.10. The molecule has 2 N–H and O–H groups in total. The zero-order valence-corrected chi connectivity index (χ0v) is 17.4. The van der Waals surface area contributed by atoms with Crippen molar-refractivity contribution in [1.82, 2.24) is 10.6 Å². The fourth-order valence-electron chi connectivity index (χ4n) is 3.38. The van der Waals surface area contributed by atoms with E-state index in [4.69, 9.17) is 4.74 Å². The summed E-state index contributed by atoms with van der Waals surface area (Å²) in [6, 6.07) is 5.08. The van der Waals surface area contributed by atoms with E-state index in [1.54, 1.807) is 6.07 Å². The Morgan fingerprint density at radius 2 is 1.76 bits per heavy atom. The van der Waals surface area contributed by atoms with Crippen molar-refractivity contribution in [3.63, 3.8) is 0 Å². The highest BCUT2D eigenvalue weighted by atomic mass is 16.5. The number of benzene rings is 1. The first-order valence-corrected chi connectivity index (χ1v) is 10.2. The van der Waals surface area contributed by atoms with Gasteiger partial charge in [0, 0.05) is 18.0 Å². The second-order valence-electron chi connectivity index (χ2n) is 7.67. The minimum atomic E-state index is -1.12. The Labute approximate surface area is 171 Å². The highest BCUT2D eigenvalue weighted by Gasteiger charge is 2.22. The predicted molar refractivity (Wildman–Crippen MR) is 109 cm³/mol. The first kappa shape index (κ1) is 22.6. The second kappa shape index (κ2) is 10.7. The smallest absolute Gasteiger partial charge is 0.321 e. The number of nitrogens with one attached hydrogen (secondary N) is 2. The summed E-state index contributed by atoms with van der Waals surface area (Å²) in [5.41, 5.74) is 2.41. The Balaban J connectivity index is 1.74. The standard InChI is InChI=1S/C22H30N2O5/c1-14-9-10-15(2)18(13-14)19(25)11-12-20(26)29-16(3)21(27)24-22(28)23-17-7-5-4-6-8-17/h9-10,13,16-17H,4-8,11-12H2,1-3H3,(H2,23,24,27,28)/t16-/m1/s1. The lowest BCUT2D eigenvalue weighted by Gasteiger charge is -2.23. The Morgan fingerprint density at radius 1 is 1.07 bits per heavy atom. The van der Waals surface area contributed by atoms with E-state index in [-0.39, 0.29) is 24.7 Å². The van der Waals surface area contributed by atoms with Crippen LogP contribution < -0.4 is 10.6 Å². The van der Waals surface area contributed by atoms with Crippen molar-refractivity contribution in [1.29, 1.82) is 0 Å². The molecule has 0 heterocycles. The van der Waals surface area contributed by atoms with E-state index < -0.39 is 24.0 Å². The van der Waals surface area contributed by atoms with Gasteiger partial charge in [0.15, 0.2) is 11.9 Å². The summed E-state index contributed by atoms with van der Waals surface area (Å²) in [6.45, 7) is 5.14. The average molecular weight is 402 g/mol. The lowest BCUT2D eigenvalue weighted by atomic mass is 9.96.